The van der Waals surface area contributed by atoms with E-state index < -0.39 is 0 Å². The molecule has 22 heavy (non-hydrogen) atoms. The van der Waals surface area contributed by atoms with Gasteiger partial charge in [0.25, 0.3) is 5.91 Å². The van der Waals surface area contributed by atoms with Crippen LogP contribution in [0.2, 0.25) is 0 Å². The van der Waals surface area contributed by atoms with Gasteiger partial charge in [-0.2, -0.15) is 0 Å². The Morgan fingerprint density at radius 3 is 2.73 bits per heavy atom. The summed E-state index contributed by atoms with van der Waals surface area (Å²) in [7, 11) is 0. The average Bonchev–Trinajstić information content (AvgIpc) is 2.97. The van der Waals surface area contributed by atoms with Gasteiger partial charge in [-0.05, 0) is 18.6 Å². The van der Waals surface area contributed by atoms with Gasteiger partial charge in [-0.1, -0.05) is 30.3 Å². The van der Waals surface area contributed by atoms with Crippen LogP contribution < -0.4 is 11.1 Å². The number of hydrogen-bond donors (Lipinski definition) is 2. The highest BCUT2D eigenvalue weighted by Gasteiger charge is 2.12. The van der Waals surface area contributed by atoms with Crippen molar-refractivity contribution < 1.29 is 13.9 Å². The molecule has 120 valence electrons. The molecule has 1 amide bonds. The first-order valence-electron chi connectivity index (χ1n) is 6.89. The minimum Gasteiger partial charge on any atom is -0.467 e. The Hall–Kier alpha value is -1.82. The third kappa shape index (κ3) is 5.52. The van der Waals surface area contributed by atoms with Gasteiger partial charge in [0.2, 0.25) is 0 Å². The van der Waals surface area contributed by atoms with Gasteiger partial charge in [-0.25, -0.2) is 0 Å². The Balaban J connectivity index is 0.00000242. The van der Waals surface area contributed by atoms with E-state index in [1.165, 1.54) is 6.26 Å². The Morgan fingerprint density at radius 1 is 1.36 bits per heavy atom. The molecular weight excluding hydrogens is 304 g/mol. The summed E-state index contributed by atoms with van der Waals surface area (Å²) in [5.74, 6) is 0.405. The number of benzene rings is 1. The summed E-state index contributed by atoms with van der Waals surface area (Å²) >= 11 is 0. The quantitative estimate of drug-likeness (QED) is 0.820. The summed E-state index contributed by atoms with van der Waals surface area (Å²) in [4.78, 5) is 12.0. The van der Waals surface area contributed by atoms with Gasteiger partial charge in [0.15, 0.2) is 0 Å². The number of furan rings is 1. The third-order valence-corrected chi connectivity index (χ3v) is 2.97. The first-order chi connectivity index (χ1) is 10.2. The van der Waals surface area contributed by atoms with E-state index in [9.17, 15) is 4.79 Å². The van der Waals surface area contributed by atoms with Crippen LogP contribution in [0.25, 0.3) is 0 Å². The summed E-state index contributed by atoms with van der Waals surface area (Å²) in [5.41, 5.74) is 7.03. The summed E-state index contributed by atoms with van der Waals surface area (Å²) in [6, 6.07) is 11.5. The van der Waals surface area contributed by atoms with Crippen LogP contribution in [0.1, 0.15) is 28.6 Å². The van der Waals surface area contributed by atoms with Crippen LogP contribution in [0.3, 0.4) is 0 Å². The molecular formula is C16H21ClN2O3. The van der Waals surface area contributed by atoms with E-state index in [0.29, 0.717) is 24.5 Å². The number of carbonyl (C=O) groups excluding carboxylic acids is 1. The molecule has 0 radical (unpaired) electrons. The lowest BCUT2D eigenvalue weighted by atomic mass is 10.2. The Bertz CT molecular complexity index is 572. The fraction of sp³-hybridized carbons (Fsp3) is 0.312. The van der Waals surface area contributed by atoms with Crippen LogP contribution >= 0.6 is 12.4 Å². The highest BCUT2D eigenvalue weighted by Crippen LogP contribution is 2.07. The Kier molecular flexibility index (Phi) is 7.66. The zero-order valence-corrected chi connectivity index (χ0v) is 13.3. The lowest BCUT2D eigenvalue weighted by molar-refractivity contribution is 0.0820. The number of amides is 1. The van der Waals surface area contributed by atoms with Crippen molar-refractivity contribution in [3.8, 4) is 0 Å². The van der Waals surface area contributed by atoms with Gasteiger partial charge in [0.05, 0.1) is 25.3 Å². The van der Waals surface area contributed by atoms with Crippen molar-refractivity contribution >= 4 is 18.3 Å². The molecule has 0 aliphatic rings. The van der Waals surface area contributed by atoms with Crippen LogP contribution in [0, 0.1) is 0 Å². The molecule has 1 heterocycles. The Labute approximate surface area is 136 Å². The number of ether oxygens (including phenoxy) is 1. The molecule has 0 bridgehead atoms. The van der Waals surface area contributed by atoms with Gasteiger partial charge in [-0.3, -0.25) is 4.79 Å². The summed E-state index contributed by atoms with van der Waals surface area (Å²) in [6.07, 6.45) is 1.41. The second-order valence-electron chi connectivity index (χ2n) is 4.88. The Morgan fingerprint density at radius 2 is 2.09 bits per heavy atom. The standard InChI is InChI=1S/C16H20N2O3.ClH/c1-12(9-20-10-13-5-3-2-4-6-13)18-16(19)14-7-15(8-17)21-11-14;/h2-7,11-12H,8-10,17H2,1H3,(H,18,19);1H. The number of halogens is 1. The van der Waals surface area contributed by atoms with Crippen LogP contribution in [0.5, 0.6) is 0 Å². The molecule has 0 aliphatic carbocycles. The topological polar surface area (TPSA) is 77.5 Å². The van der Waals surface area contributed by atoms with Crippen molar-refractivity contribution in [1.29, 1.82) is 0 Å². The lowest BCUT2D eigenvalue weighted by Crippen LogP contribution is -2.35. The average molecular weight is 325 g/mol. The van der Waals surface area contributed by atoms with Crippen molar-refractivity contribution in [2.24, 2.45) is 5.73 Å². The minimum absolute atomic E-state index is 0. The van der Waals surface area contributed by atoms with Crippen LogP contribution in [0.4, 0.5) is 0 Å². The summed E-state index contributed by atoms with van der Waals surface area (Å²) < 4.78 is 10.7. The molecule has 1 aromatic heterocycles. The molecule has 0 fully saturated rings. The molecule has 1 aromatic carbocycles. The number of rotatable bonds is 7. The van der Waals surface area contributed by atoms with E-state index in [4.69, 9.17) is 14.9 Å². The molecule has 2 rings (SSSR count). The number of carbonyl (C=O) groups is 1. The van der Waals surface area contributed by atoms with Crippen LogP contribution in [0.15, 0.2) is 47.1 Å². The molecule has 1 atom stereocenters. The minimum atomic E-state index is -0.186. The van der Waals surface area contributed by atoms with Gasteiger partial charge < -0.3 is 20.2 Å². The van der Waals surface area contributed by atoms with Crippen molar-refractivity contribution in [3.63, 3.8) is 0 Å². The maximum Gasteiger partial charge on any atom is 0.254 e. The number of nitrogens with two attached hydrogens (primary N) is 1. The molecule has 5 nitrogen and oxygen atoms in total. The van der Waals surface area contributed by atoms with Crippen molar-refractivity contribution in [2.75, 3.05) is 6.61 Å². The third-order valence-electron chi connectivity index (χ3n) is 2.97. The summed E-state index contributed by atoms with van der Waals surface area (Å²) in [6.45, 7) is 3.15. The van der Waals surface area contributed by atoms with E-state index >= 15 is 0 Å². The molecule has 0 spiro atoms. The predicted molar refractivity (Wildman–Crippen MR) is 86.9 cm³/mol. The second kappa shape index (κ2) is 9.25. The maximum atomic E-state index is 12.0. The fourth-order valence-electron chi connectivity index (χ4n) is 1.88. The summed E-state index contributed by atoms with van der Waals surface area (Å²) in [5, 5.41) is 2.86. The van der Waals surface area contributed by atoms with Crippen molar-refractivity contribution in [3.05, 3.63) is 59.5 Å². The van der Waals surface area contributed by atoms with Gasteiger partial charge in [0, 0.05) is 6.04 Å². The highest BCUT2D eigenvalue weighted by atomic mass is 35.5. The fourth-order valence-corrected chi connectivity index (χ4v) is 1.88. The number of nitrogens with one attached hydrogen (secondary N) is 1. The van der Waals surface area contributed by atoms with E-state index in [0.717, 1.165) is 5.56 Å². The van der Waals surface area contributed by atoms with E-state index in [1.807, 2.05) is 37.3 Å². The monoisotopic (exact) mass is 324 g/mol. The van der Waals surface area contributed by atoms with Crippen molar-refractivity contribution in [2.45, 2.75) is 26.1 Å². The van der Waals surface area contributed by atoms with E-state index in [-0.39, 0.29) is 30.9 Å². The van der Waals surface area contributed by atoms with E-state index in [1.54, 1.807) is 6.07 Å². The second-order valence-corrected chi connectivity index (χ2v) is 4.88. The maximum absolute atomic E-state index is 12.0. The molecule has 0 saturated heterocycles. The van der Waals surface area contributed by atoms with Gasteiger partial charge >= 0.3 is 0 Å². The van der Waals surface area contributed by atoms with E-state index in [2.05, 4.69) is 5.32 Å². The largest absolute Gasteiger partial charge is 0.467 e. The van der Waals surface area contributed by atoms with Gasteiger partial charge in [-0.15, -0.1) is 12.4 Å². The zero-order chi connectivity index (χ0) is 15.1. The SMILES string of the molecule is CC(COCc1ccccc1)NC(=O)c1coc(CN)c1.Cl. The molecule has 1 unspecified atom stereocenters. The van der Waals surface area contributed by atoms with Crippen LogP contribution in [-0.4, -0.2) is 18.6 Å². The van der Waals surface area contributed by atoms with Gasteiger partial charge in [0.1, 0.15) is 12.0 Å². The van der Waals surface area contributed by atoms with Crippen LogP contribution in [-0.2, 0) is 17.9 Å². The smallest absolute Gasteiger partial charge is 0.254 e. The zero-order valence-electron chi connectivity index (χ0n) is 12.5. The van der Waals surface area contributed by atoms with Crippen molar-refractivity contribution in [1.82, 2.24) is 5.32 Å². The molecule has 0 saturated carbocycles. The molecule has 3 N–H and O–H groups in total. The lowest BCUT2D eigenvalue weighted by Gasteiger charge is -2.13. The highest BCUT2D eigenvalue weighted by molar-refractivity contribution is 5.94. The molecule has 6 heteroatoms. The molecule has 2 aromatic rings. The molecule has 0 aliphatic heterocycles. The normalized spacial score (nSPS) is 11.5. The predicted octanol–water partition coefficient (Wildman–Crippen LogP) is 2.50. The number of hydrogen-bond acceptors (Lipinski definition) is 4. The first-order valence-corrected chi connectivity index (χ1v) is 6.89. The first kappa shape index (κ1) is 18.2.